The fourth-order valence-corrected chi connectivity index (χ4v) is 1.91. The van der Waals surface area contributed by atoms with E-state index >= 15 is 0 Å². The quantitative estimate of drug-likeness (QED) is 0.723. The second-order valence-electron chi connectivity index (χ2n) is 4.22. The summed E-state index contributed by atoms with van der Waals surface area (Å²) in [6, 6.07) is 5.43. The second-order valence-corrected chi connectivity index (χ2v) is 5.07. The molecule has 0 heterocycles. The van der Waals surface area contributed by atoms with E-state index in [2.05, 4.69) is 21.2 Å². The van der Waals surface area contributed by atoms with Crippen LogP contribution in [0.4, 0.5) is 5.69 Å². The summed E-state index contributed by atoms with van der Waals surface area (Å²) in [7, 11) is 0. The Hall–Kier alpha value is -1.82. The van der Waals surface area contributed by atoms with E-state index in [1.54, 1.807) is 6.07 Å². The average Bonchev–Trinajstić information content (AvgIpc) is 2.29. The maximum Gasteiger partial charge on any atom is 0.352 e. The number of hydrogen-bond acceptors (Lipinski definition) is 3. The molecule has 1 aromatic rings. The molecule has 0 aromatic heterocycles. The minimum absolute atomic E-state index is 0.346. The third-order valence-electron chi connectivity index (χ3n) is 2.43. The molecule has 1 aromatic carbocycles. The zero-order valence-corrected chi connectivity index (χ0v) is 12.1. The standard InChI is InChI=1S/C13H14BrNO4/c1-7(2)8-3-4-10(9(14)5-8)15-11(13(18)19)6-12(16)17/h3-7,15H,1-2H3,(H,16,17)(H,18,19)/b11-6-. The van der Waals surface area contributed by atoms with E-state index in [0.29, 0.717) is 22.2 Å². The minimum atomic E-state index is -1.33. The molecule has 1 rings (SSSR count). The third-order valence-corrected chi connectivity index (χ3v) is 3.08. The van der Waals surface area contributed by atoms with E-state index in [9.17, 15) is 9.59 Å². The van der Waals surface area contributed by atoms with Crippen molar-refractivity contribution in [1.29, 1.82) is 0 Å². The lowest BCUT2D eigenvalue weighted by Gasteiger charge is -2.12. The van der Waals surface area contributed by atoms with Crippen LogP contribution in [0.25, 0.3) is 0 Å². The molecule has 19 heavy (non-hydrogen) atoms. The Kier molecular flexibility index (Phi) is 5.11. The third kappa shape index (κ3) is 4.40. The summed E-state index contributed by atoms with van der Waals surface area (Å²) in [6.07, 6.45) is 0.616. The lowest BCUT2D eigenvalue weighted by Crippen LogP contribution is -2.13. The van der Waals surface area contributed by atoms with E-state index in [-0.39, 0.29) is 0 Å². The molecule has 5 nitrogen and oxygen atoms in total. The monoisotopic (exact) mass is 327 g/mol. The fraction of sp³-hybridized carbons (Fsp3) is 0.231. The van der Waals surface area contributed by atoms with E-state index in [1.807, 2.05) is 26.0 Å². The van der Waals surface area contributed by atoms with Crippen LogP contribution >= 0.6 is 15.9 Å². The molecular formula is C13H14BrNO4. The van der Waals surface area contributed by atoms with E-state index in [4.69, 9.17) is 10.2 Å². The van der Waals surface area contributed by atoms with Crippen molar-refractivity contribution in [2.75, 3.05) is 5.32 Å². The van der Waals surface area contributed by atoms with Crippen molar-refractivity contribution >= 4 is 33.6 Å². The van der Waals surface area contributed by atoms with Crippen LogP contribution in [0, 0.1) is 0 Å². The highest BCUT2D eigenvalue weighted by Gasteiger charge is 2.12. The maximum atomic E-state index is 10.9. The van der Waals surface area contributed by atoms with E-state index < -0.39 is 17.6 Å². The number of rotatable bonds is 5. The number of benzene rings is 1. The van der Waals surface area contributed by atoms with Crippen LogP contribution < -0.4 is 5.32 Å². The molecule has 0 bridgehead atoms. The number of hydrogen-bond donors (Lipinski definition) is 3. The molecular weight excluding hydrogens is 314 g/mol. The smallest absolute Gasteiger partial charge is 0.352 e. The van der Waals surface area contributed by atoms with Crippen LogP contribution in [0.3, 0.4) is 0 Å². The van der Waals surface area contributed by atoms with Gasteiger partial charge in [-0.05, 0) is 39.5 Å². The zero-order valence-electron chi connectivity index (χ0n) is 10.5. The molecule has 6 heteroatoms. The van der Waals surface area contributed by atoms with Gasteiger partial charge in [-0.15, -0.1) is 0 Å². The van der Waals surface area contributed by atoms with Gasteiger partial charge < -0.3 is 15.5 Å². The Morgan fingerprint density at radius 2 is 1.95 bits per heavy atom. The minimum Gasteiger partial charge on any atom is -0.478 e. The van der Waals surface area contributed by atoms with Crippen LogP contribution in [-0.2, 0) is 9.59 Å². The van der Waals surface area contributed by atoms with Crippen molar-refractivity contribution in [2.24, 2.45) is 0 Å². The summed E-state index contributed by atoms with van der Waals surface area (Å²) < 4.78 is 0.677. The van der Waals surface area contributed by atoms with Crippen molar-refractivity contribution in [3.63, 3.8) is 0 Å². The summed E-state index contributed by atoms with van der Waals surface area (Å²) in [4.78, 5) is 21.5. The first-order valence-electron chi connectivity index (χ1n) is 5.55. The van der Waals surface area contributed by atoms with Gasteiger partial charge in [-0.3, -0.25) is 0 Å². The number of carbonyl (C=O) groups is 2. The van der Waals surface area contributed by atoms with Gasteiger partial charge in [0, 0.05) is 4.47 Å². The van der Waals surface area contributed by atoms with Crippen molar-refractivity contribution in [3.05, 3.63) is 40.0 Å². The maximum absolute atomic E-state index is 10.9. The van der Waals surface area contributed by atoms with Gasteiger partial charge in [-0.2, -0.15) is 0 Å². The lowest BCUT2D eigenvalue weighted by molar-refractivity contribution is -0.134. The first-order valence-corrected chi connectivity index (χ1v) is 6.35. The van der Waals surface area contributed by atoms with Gasteiger partial charge in [0.25, 0.3) is 0 Å². The number of aliphatic carboxylic acids is 2. The number of carboxylic acids is 2. The van der Waals surface area contributed by atoms with Crippen molar-refractivity contribution in [1.82, 2.24) is 0 Å². The van der Waals surface area contributed by atoms with Gasteiger partial charge in [-0.25, -0.2) is 9.59 Å². The van der Waals surface area contributed by atoms with Crippen LogP contribution in [0.15, 0.2) is 34.4 Å². The summed E-state index contributed by atoms with van der Waals surface area (Å²) >= 11 is 3.33. The zero-order chi connectivity index (χ0) is 14.6. The van der Waals surface area contributed by atoms with E-state index in [0.717, 1.165) is 5.56 Å². The number of carboxylic acid groups (broad SMARTS) is 2. The predicted octanol–water partition coefficient (Wildman–Crippen LogP) is 3.04. The summed E-state index contributed by atoms with van der Waals surface area (Å²) in [5, 5.41) is 20.1. The van der Waals surface area contributed by atoms with Gasteiger partial charge in [0.15, 0.2) is 0 Å². The van der Waals surface area contributed by atoms with Crippen LogP contribution in [0.1, 0.15) is 25.3 Å². The van der Waals surface area contributed by atoms with Gasteiger partial charge in [-0.1, -0.05) is 19.9 Å². The number of anilines is 1. The molecule has 0 aliphatic rings. The predicted molar refractivity (Wildman–Crippen MR) is 75.2 cm³/mol. The Bertz CT molecular complexity index is 537. The highest BCUT2D eigenvalue weighted by atomic mass is 79.9. The Labute approximate surface area is 119 Å². The largest absolute Gasteiger partial charge is 0.478 e. The molecule has 0 atom stereocenters. The Morgan fingerprint density at radius 3 is 2.37 bits per heavy atom. The highest BCUT2D eigenvalue weighted by Crippen LogP contribution is 2.27. The van der Waals surface area contributed by atoms with Gasteiger partial charge in [0.2, 0.25) is 0 Å². The SMILES string of the molecule is CC(C)c1ccc(N/C(=C\C(=O)O)C(=O)O)c(Br)c1. The molecule has 0 fully saturated rings. The van der Waals surface area contributed by atoms with Crippen molar-refractivity contribution in [3.8, 4) is 0 Å². The fourth-order valence-electron chi connectivity index (χ4n) is 1.41. The molecule has 0 aliphatic carbocycles. The molecule has 0 spiro atoms. The van der Waals surface area contributed by atoms with Gasteiger partial charge >= 0.3 is 11.9 Å². The molecule has 0 saturated heterocycles. The Balaban J connectivity index is 3.04. The topological polar surface area (TPSA) is 86.6 Å². The molecule has 0 unspecified atom stereocenters. The van der Waals surface area contributed by atoms with Crippen LogP contribution in [0.2, 0.25) is 0 Å². The highest BCUT2D eigenvalue weighted by molar-refractivity contribution is 9.10. The van der Waals surface area contributed by atoms with Crippen LogP contribution in [0.5, 0.6) is 0 Å². The molecule has 0 radical (unpaired) electrons. The van der Waals surface area contributed by atoms with Gasteiger partial charge in [0.1, 0.15) is 5.70 Å². The van der Waals surface area contributed by atoms with Gasteiger partial charge in [0.05, 0.1) is 11.8 Å². The first kappa shape index (κ1) is 15.2. The first-order chi connectivity index (χ1) is 8.81. The molecule has 102 valence electrons. The molecule has 3 N–H and O–H groups in total. The average molecular weight is 328 g/mol. The second kappa shape index (κ2) is 6.38. The normalized spacial score (nSPS) is 11.5. The molecule has 0 saturated carbocycles. The summed E-state index contributed by atoms with van der Waals surface area (Å²) in [5.74, 6) is -2.30. The van der Waals surface area contributed by atoms with E-state index in [1.165, 1.54) is 0 Å². The summed E-state index contributed by atoms with van der Waals surface area (Å²) in [6.45, 7) is 4.09. The number of nitrogens with one attached hydrogen (secondary N) is 1. The molecule has 0 aliphatic heterocycles. The summed E-state index contributed by atoms with van der Waals surface area (Å²) in [5.41, 5.74) is 1.20. The Morgan fingerprint density at radius 1 is 1.32 bits per heavy atom. The lowest BCUT2D eigenvalue weighted by atomic mass is 10.0. The molecule has 0 amide bonds. The van der Waals surface area contributed by atoms with Crippen LogP contribution in [-0.4, -0.2) is 22.2 Å². The van der Waals surface area contributed by atoms with Crippen molar-refractivity contribution < 1.29 is 19.8 Å². The van der Waals surface area contributed by atoms with Crippen molar-refractivity contribution in [2.45, 2.75) is 19.8 Å². The number of halogens is 1.